The zero-order valence-corrected chi connectivity index (χ0v) is 56.0. The number of ether oxygens (including phenoxy) is 7. The van der Waals surface area contributed by atoms with E-state index in [2.05, 4.69) is 32.9 Å². The second-order valence-corrected chi connectivity index (χ2v) is 26.7. The van der Waals surface area contributed by atoms with Crippen LogP contribution in [0.2, 0.25) is 0 Å². The molecule has 2 heterocycles. The first kappa shape index (κ1) is 82.9. The Morgan fingerprint density at radius 3 is 1.20 bits per heavy atom. The first-order chi connectivity index (χ1) is 43.8. The highest BCUT2D eigenvalue weighted by Crippen LogP contribution is 2.49. The quantitative estimate of drug-likeness (QED) is 0.00902. The van der Waals surface area contributed by atoms with Crippen LogP contribution in [0.4, 0.5) is 0 Å². The van der Waals surface area contributed by atoms with E-state index >= 15 is 0 Å². The monoisotopic (exact) mass is 1330 g/mol. The lowest BCUT2D eigenvalue weighted by Crippen LogP contribution is -2.69. The summed E-state index contributed by atoms with van der Waals surface area (Å²) in [4.78, 5) is 50.7. The number of hydrogen-bond acceptors (Lipinski definition) is 23. The number of aliphatic hydroxyl groups excluding tert-OH is 10. The molecule has 1 saturated carbocycles. The summed E-state index contributed by atoms with van der Waals surface area (Å²) in [5.74, 6) is -2.01. The average molecular weight is 1330 g/mol. The van der Waals surface area contributed by atoms with Crippen molar-refractivity contribution < 1.29 is 117 Å². The summed E-state index contributed by atoms with van der Waals surface area (Å²) in [6.07, 6.45) is 4.71. The van der Waals surface area contributed by atoms with Gasteiger partial charge in [-0.1, -0.05) is 206 Å². The molecule has 18 atom stereocenters. The number of phosphoric ester groups is 1. The topological polar surface area (TPSA) is 374 Å². The largest absolute Gasteiger partial charge is 0.472 e. The Hall–Kier alpha value is -2.30. The molecular formula is C66H121O24P. The third-order valence-electron chi connectivity index (χ3n) is 17.3. The molecule has 534 valence electrons. The van der Waals surface area contributed by atoms with Gasteiger partial charge in [-0.2, -0.15) is 0 Å². The number of allylic oxidation sites excluding steroid dienone is 2. The number of hydrogen-bond donors (Lipinski definition) is 11. The van der Waals surface area contributed by atoms with Gasteiger partial charge in [0.05, 0.1) is 13.2 Å². The Labute approximate surface area is 542 Å². The highest BCUT2D eigenvalue weighted by atomic mass is 31.2. The van der Waals surface area contributed by atoms with Gasteiger partial charge >= 0.3 is 25.7 Å². The van der Waals surface area contributed by atoms with Crippen molar-refractivity contribution in [3.63, 3.8) is 0 Å². The van der Waals surface area contributed by atoms with Gasteiger partial charge in [0, 0.05) is 19.3 Å². The molecule has 0 bridgehead atoms. The summed E-state index contributed by atoms with van der Waals surface area (Å²) < 4.78 is 64.7. The normalized spacial score (nSPS) is 28.9. The molecule has 2 saturated heterocycles. The van der Waals surface area contributed by atoms with Crippen LogP contribution in [0.25, 0.3) is 0 Å². The van der Waals surface area contributed by atoms with E-state index in [4.69, 9.17) is 42.2 Å². The zero-order valence-electron chi connectivity index (χ0n) is 55.1. The molecular weight excluding hydrogens is 1210 g/mol. The maximum Gasteiger partial charge on any atom is 0.472 e. The van der Waals surface area contributed by atoms with Crippen LogP contribution >= 0.6 is 7.82 Å². The van der Waals surface area contributed by atoms with Gasteiger partial charge in [0.15, 0.2) is 18.7 Å². The van der Waals surface area contributed by atoms with Crippen LogP contribution in [0.5, 0.6) is 0 Å². The standard InChI is InChI=1S/C66H121O24P/c1-4-7-10-13-16-19-22-23-24-27-30-33-36-39-42-52(70)85-47(44-82-50(68)40-37-34-31-28-25-20-17-14-11-8-5-2)45-84-91(80,81)90-64-62(88-65-60(78)55(73)53(71)48(43-67)86-65)58(76)57(75)59(77)63(64)89-66-61(79)56(74)54(72)49(87-66)46-83-51(69)41-38-35-32-29-26-21-18-15-12-9-6-3/h24,27,47-49,53-67,71-79H,4-23,25-26,28-46H2,1-3H3,(H,80,81)/b27-24-. The fourth-order valence-corrected chi connectivity index (χ4v) is 12.5. The summed E-state index contributed by atoms with van der Waals surface area (Å²) in [7, 11) is -5.69. The minimum Gasteiger partial charge on any atom is -0.463 e. The lowest BCUT2D eigenvalue weighted by molar-refractivity contribution is -0.360. The summed E-state index contributed by atoms with van der Waals surface area (Å²) in [6, 6.07) is 0. The Morgan fingerprint density at radius 2 is 0.769 bits per heavy atom. The Morgan fingerprint density at radius 1 is 0.418 bits per heavy atom. The van der Waals surface area contributed by atoms with Gasteiger partial charge in [0.25, 0.3) is 0 Å². The molecule has 0 amide bonds. The molecule has 1 aliphatic carbocycles. The number of carbonyl (C=O) groups is 3. The number of rotatable bonds is 53. The van der Waals surface area contributed by atoms with Crippen molar-refractivity contribution in [1.29, 1.82) is 0 Å². The second-order valence-electron chi connectivity index (χ2n) is 25.2. The smallest absolute Gasteiger partial charge is 0.463 e. The highest BCUT2D eigenvalue weighted by Gasteiger charge is 2.58. The molecule has 2 aliphatic heterocycles. The Bertz CT molecular complexity index is 1950. The van der Waals surface area contributed by atoms with Crippen molar-refractivity contribution in [2.24, 2.45) is 0 Å². The van der Waals surface area contributed by atoms with Crippen LogP contribution in [0, 0.1) is 0 Å². The predicted octanol–water partition coefficient (Wildman–Crippen LogP) is 8.01. The van der Waals surface area contributed by atoms with Crippen LogP contribution in [-0.2, 0) is 61.2 Å². The molecule has 0 aromatic heterocycles. The lowest BCUT2D eigenvalue weighted by atomic mass is 9.84. The average Bonchev–Trinajstić information content (AvgIpc) is 0.783. The molecule has 3 rings (SSSR count). The SMILES string of the molecule is CCCCCCCCC/C=C\CCCCCC(=O)OC(COC(=O)CCCCCCCCCCCCC)COP(=O)(O)OC1C(OC2OC(CO)C(O)C(O)C2O)C(O)C(O)C(O)C1OC1OC(COC(=O)CCCCCCCCCCCCC)C(O)C(O)C1O. The van der Waals surface area contributed by atoms with Gasteiger partial charge in [-0.25, -0.2) is 4.57 Å². The molecule has 0 spiro atoms. The van der Waals surface area contributed by atoms with E-state index in [1.807, 2.05) is 0 Å². The molecule has 3 aliphatic rings. The van der Waals surface area contributed by atoms with E-state index in [0.717, 1.165) is 89.9 Å². The van der Waals surface area contributed by atoms with Gasteiger partial charge in [-0.15, -0.1) is 0 Å². The maximum absolute atomic E-state index is 14.3. The van der Waals surface area contributed by atoms with Gasteiger partial charge < -0.3 is 89.1 Å². The van der Waals surface area contributed by atoms with Crippen molar-refractivity contribution >= 4 is 25.7 Å². The Kier molecular flexibility index (Phi) is 44.9. The minimum absolute atomic E-state index is 0.0308. The summed E-state index contributed by atoms with van der Waals surface area (Å²) in [5.41, 5.74) is 0. The third kappa shape index (κ3) is 33.5. The summed E-state index contributed by atoms with van der Waals surface area (Å²) >= 11 is 0. The minimum atomic E-state index is -5.69. The van der Waals surface area contributed by atoms with Crippen LogP contribution in [0.15, 0.2) is 12.2 Å². The van der Waals surface area contributed by atoms with Crippen LogP contribution in [-0.4, -0.2) is 204 Å². The number of aliphatic hydroxyl groups is 10. The van der Waals surface area contributed by atoms with E-state index in [0.29, 0.717) is 25.7 Å². The van der Waals surface area contributed by atoms with Gasteiger partial charge in [0.2, 0.25) is 0 Å². The van der Waals surface area contributed by atoms with Crippen LogP contribution in [0.1, 0.15) is 258 Å². The first-order valence-corrected chi connectivity index (χ1v) is 36.5. The van der Waals surface area contributed by atoms with Gasteiger partial charge in [-0.3, -0.25) is 23.4 Å². The van der Waals surface area contributed by atoms with Crippen molar-refractivity contribution in [2.45, 2.75) is 362 Å². The zero-order chi connectivity index (χ0) is 66.8. The molecule has 25 heteroatoms. The fraction of sp³-hybridized carbons (Fsp3) is 0.924. The molecule has 24 nitrogen and oxygen atoms in total. The number of carbonyl (C=O) groups excluding carboxylic acids is 3. The van der Waals surface area contributed by atoms with E-state index in [9.17, 15) is 74.9 Å². The van der Waals surface area contributed by atoms with Crippen molar-refractivity contribution in [3.8, 4) is 0 Å². The molecule has 3 fully saturated rings. The third-order valence-corrected chi connectivity index (χ3v) is 18.3. The molecule has 11 N–H and O–H groups in total. The van der Waals surface area contributed by atoms with Crippen LogP contribution in [0.3, 0.4) is 0 Å². The molecule has 0 aromatic rings. The van der Waals surface area contributed by atoms with E-state index in [1.165, 1.54) is 103 Å². The predicted molar refractivity (Wildman–Crippen MR) is 338 cm³/mol. The molecule has 0 radical (unpaired) electrons. The molecule has 91 heavy (non-hydrogen) atoms. The van der Waals surface area contributed by atoms with E-state index < -0.39 is 156 Å². The van der Waals surface area contributed by atoms with Gasteiger partial charge in [-0.05, 0) is 44.9 Å². The highest BCUT2D eigenvalue weighted by molar-refractivity contribution is 7.47. The van der Waals surface area contributed by atoms with E-state index in [1.54, 1.807) is 0 Å². The number of unbranched alkanes of at least 4 members (excludes halogenated alkanes) is 30. The molecule has 0 aromatic carbocycles. The fourth-order valence-electron chi connectivity index (χ4n) is 11.5. The van der Waals surface area contributed by atoms with Gasteiger partial charge in [0.1, 0.15) is 98.7 Å². The summed E-state index contributed by atoms with van der Waals surface area (Å²) in [5, 5.41) is 110. The van der Waals surface area contributed by atoms with Crippen molar-refractivity contribution in [3.05, 3.63) is 12.2 Å². The van der Waals surface area contributed by atoms with Crippen molar-refractivity contribution in [1.82, 2.24) is 0 Å². The van der Waals surface area contributed by atoms with Crippen molar-refractivity contribution in [2.75, 3.05) is 26.4 Å². The second kappa shape index (κ2) is 49.2. The first-order valence-electron chi connectivity index (χ1n) is 35.0. The number of esters is 3. The maximum atomic E-state index is 14.3. The van der Waals surface area contributed by atoms with E-state index in [-0.39, 0.29) is 19.3 Å². The Balaban J connectivity index is 1.78. The number of phosphoric acid groups is 1. The summed E-state index contributed by atoms with van der Waals surface area (Å²) in [6.45, 7) is 3.37. The van der Waals surface area contributed by atoms with Crippen LogP contribution < -0.4 is 0 Å². The molecule has 18 unspecified atom stereocenters. The lowest BCUT2D eigenvalue weighted by Gasteiger charge is -2.49.